The molecule has 0 atom stereocenters. The fourth-order valence-electron chi connectivity index (χ4n) is 1.88. The second kappa shape index (κ2) is 7.19. The second-order valence-corrected chi connectivity index (χ2v) is 4.18. The Bertz CT molecular complexity index is 760. The minimum absolute atomic E-state index is 0.343. The van der Waals surface area contributed by atoms with Crippen molar-refractivity contribution in [2.45, 2.75) is 6.92 Å². The summed E-state index contributed by atoms with van der Waals surface area (Å²) in [4.78, 5) is 4.46. The maximum atomic E-state index is 5.36. The topological polar surface area (TPSA) is 40.6 Å². The van der Waals surface area contributed by atoms with Crippen molar-refractivity contribution in [3.63, 3.8) is 0 Å². The van der Waals surface area contributed by atoms with E-state index in [0.29, 0.717) is 18.1 Å². The molecule has 0 radical (unpaired) electrons. The Morgan fingerprint density at radius 1 is 1.14 bits per heavy atom. The van der Waals surface area contributed by atoms with E-state index in [0.717, 1.165) is 16.5 Å². The number of hydrogen-bond acceptors (Lipinski definition) is 4. The Kier molecular flexibility index (Phi) is 5.04. The molecule has 1 heterocycles. The van der Waals surface area contributed by atoms with Crippen LogP contribution in [0.2, 0.25) is 0 Å². The smallest absolute Gasteiger partial charge is 0.247 e. The van der Waals surface area contributed by atoms with Gasteiger partial charge in [0.1, 0.15) is 6.61 Å². The maximum Gasteiger partial charge on any atom is 0.247 e. The third-order valence-electron chi connectivity index (χ3n) is 2.84. The van der Waals surface area contributed by atoms with Gasteiger partial charge in [-0.05, 0) is 18.6 Å². The van der Waals surface area contributed by atoms with E-state index in [-0.39, 0.29) is 0 Å². The van der Waals surface area contributed by atoms with Crippen LogP contribution in [-0.2, 0) is 9.47 Å². The Hall–Kier alpha value is -2.69. The molecule has 0 spiro atoms. The normalized spacial score (nSPS) is 9.29. The van der Waals surface area contributed by atoms with Crippen molar-refractivity contribution in [3.05, 3.63) is 35.4 Å². The quantitative estimate of drug-likeness (QED) is 0.793. The zero-order valence-corrected chi connectivity index (χ0v) is 12.2. The van der Waals surface area contributed by atoms with Crippen LogP contribution in [0.15, 0.2) is 24.3 Å². The van der Waals surface area contributed by atoms with Crippen molar-refractivity contribution < 1.29 is 14.2 Å². The molecule has 1 aromatic carbocycles. The van der Waals surface area contributed by atoms with Crippen LogP contribution in [0, 0.1) is 31.0 Å². The molecule has 2 rings (SSSR count). The summed E-state index contributed by atoms with van der Waals surface area (Å²) in [6.45, 7) is 2.33. The van der Waals surface area contributed by atoms with Crippen molar-refractivity contribution in [1.29, 1.82) is 0 Å². The molecule has 1 aromatic heterocycles. The standard InChI is InChI=1S/C17H15NO3/c1-13-14-7-4-5-9-16(14)18-17(21-12-11-20-3)15(13)8-6-10-19-2/h4-5,7,9H,10H2,1-3H3. The Morgan fingerprint density at radius 3 is 2.71 bits per heavy atom. The molecular formula is C17H15NO3. The van der Waals surface area contributed by atoms with E-state index in [1.165, 1.54) is 7.11 Å². The summed E-state index contributed by atoms with van der Waals surface area (Å²) in [6.07, 6.45) is 4.81. The molecule has 0 N–H and O–H groups in total. The van der Waals surface area contributed by atoms with E-state index in [9.17, 15) is 0 Å². The van der Waals surface area contributed by atoms with Gasteiger partial charge in [0.05, 0.1) is 18.2 Å². The number of methoxy groups -OCH3 is 2. The van der Waals surface area contributed by atoms with Crippen LogP contribution in [-0.4, -0.2) is 25.8 Å². The van der Waals surface area contributed by atoms with E-state index in [4.69, 9.17) is 9.47 Å². The summed E-state index contributed by atoms with van der Waals surface area (Å²) in [6, 6.07) is 7.82. The summed E-state index contributed by atoms with van der Waals surface area (Å²) < 4.78 is 15.0. The summed E-state index contributed by atoms with van der Waals surface area (Å²) in [7, 11) is 3.07. The number of rotatable bonds is 2. The highest BCUT2D eigenvalue weighted by Crippen LogP contribution is 2.26. The van der Waals surface area contributed by atoms with E-state index >= 15 is 0 Å². The highest BCUT2D eigenvalue weighted by atomic mass is 16.5. The van der Waals surface area contributed by atoms with Gasteiger partial charge in [-0.15, -0.1) is 0 Å². The SMILES string of the molecule is COC#COc1nc2ccccc2c(C)c1C#CCOC. The molecule has 0 aliphatic carbocycles. The molecule has 0 amide bonds. The molecule has 0 fully saturated rings. The molecule has 0 bridgehead atoms. The highest BCUT2D eigenvalue weighted by molar-refractivity contribution is 5.85. The van der Waals surface area contributed by atoms with Gasteiger partial charge in [-0.2, -0.15) is 0 Å². The van der Waals surface area contributed by atoms with E-state index in [2.05, 4.69) is 33.8 Å². The van der Waals surface area contributed by atoms with Gasteiger partial charge in [-0.1, -0.05) is 30.0 Å². The first-order valence-corrected chi connectivity index (χ1v) is 6.35. The van der Waals surface area contributed by atoms with Gasteiger partial charge >= 0.3 is 0 Å². The zero-order valence-electron chi connectivity index (χ0n) is 12.2. The maximum absolute atomic E-state index is 5.36. The highest BCUT2D eigenvalue weighted by Gasteiger charge is 2.11. The number of hydrogen-bond donors (Lipinski definition) is 0. The van der Waals surface area contributed by atoms with Gasteiger partial charge in [0, 0.05) is 12.5 Å². The molecule has 2 aromatic rings. The fourth-order valence-corrected chi connectivity index (χ4v) is 1.88. The predicted molar refractivity (Wildman–Crippen MR) is 80.6 cm³/mol. The number of para-hydroxylation sites is 1. The monoisotopic (exact) mass is 281 g/mol. The van der Waals surface area contributed by atoms with Gasteiger partial charge in [0.25, 0.3) is 0 Å². The first-order chi connectivity index (χ1) is 10.3. The van der Waals surface area contributed by atoms with Gasteiger partial charge in [0.2, 0.25) is 5.88 Å². The largest absolute Gasteiger partial charge is 0.448 e. The number of fused-ring (bicyclic) bond motifs is 1. The number of nitrogens with zero attached hydrogens (tertiary/aromatic N) is 1. The van der Waals surface area contributed by atoms with Gasteiger partial charge in [0.15, 0.2) is 12.2 Å². The summed E-state index contributed by atoms with van der Waals surface area (Å²) >= 11 is 0. The summed E-state index contributed by atoms with van der Waals surface area (Å²) in [5.74, 6) is 6.32. The van der Waals surface area contributed by atoms with E-state index in [1.54, 1.807) is 7.11 Å². The second-order valence-electron chi connectivity index (χ2n) is 4.18. The van der Waals surface area contributed by atoms with Crippen LogP contribution in [0.1, 0.15) is 11.1 Å². The number of pyridine rings is 1. The average molecular weight is 281 g/mol. The van der Waals surface area contributed by atoms with Crippen LogP contribution in [0.3, 0.4) is 0 Å². The van der Waals surface area contributed by atoms with Gasteiger partial charge in [-0.25, -0.2) is 4.98 Å². The lowest BCUT2D eigenvalue weighted by Crippen LogP contribution is -1.97. The molecule has 0 saturated carbocycles. The first-order valence-electron chi connectivity index (χ1n) is 6.35. The van der Waals surface area contributed by atoms with Crippen molar-refractivity contribution >= 4 is 10.9 Å². The zero-order chi connectivity index (χ0) is 15.1. The van der Waals surface area contributed by atoms with Crippen LogP contribution in [0.4, 0.5) is 0 Å². The Morgan fingerprint density at radius 2 is 1.95 bits per heavy atom. The number of aromatic nitrogens is 1. The lowest BCUT2D eigenvalue weighted by atomic mass is 10.0. The minimum atomic E-state index is 0.343. The average Bonchev–Trinajstić information content (AvgIpc) is 2.50. The van der Waals surface area contributed by atoms with Crippen molar-refractivity contribution in [2.24, 2.45) is 0 Å². The number of benzene rings is 1. The third-order valence-corrected chi connectivity index (χ3v) is 2.84. The third kappa shape index (κ3) is 3.45. The summed E-state index contributed by atoms with van der Waals surface area (Å²) in [5, 5.41) is 1.03. The summed E-state index contributed by atoms with van der Waals surface area (Å²) in [5.41, 5.74) is 2.54. The molecule has 0 aliphatic rings. The number of ether oxygens (including phenoxy) is 3. The molecule has 0 unspecified atom stereocenters. The van der Waals surface area contributed by atoms with Crippen LogP contribution >= 0.6 is 0 Å². The molecule has 21 heavy (non-hydrogen) atoms. The van der Waals surface area contributed by atoms with E-state index < -0.39 is 0 Å². The van der Waals surface area contributed by atoms with E-state index in [1.807, 2.05) is 31.2 Å². The van der Waals surface area contributed by atoms with Crippen molar-refractivity contribution in [3.8, 4) is 29.9 Å². The van der Waals surface area contributed by atoms with Crippen molar-refractivity contribution in [2.75, 3.05) is 20.8 Å². The van der Waals surface area contributed by atoms with Crippen LogP contribution in [0.5, 0.6) is 5.88 Å². The van der Waals surface area contributed by atoms with Crippen LogP contribution in [0.25, 0.3) is 10.9 Å². The molecule has 106 valence electrons. The van der Waals surface area contributed by atoms with Gasteiger partial charge < -0.3 is 14.2 Å². The molecule has 4 heteroatoms. The Balaban J connectivity index is 2.57. The van der Waals surface area contributed by atoms with Gasteiger partial charge in [-0.3, -0.25) is 0 Å². The fraction of sp³-hybridized carbons (Fsp3) is 0.235. The first kappa shape index (κ1) is 14.7. The van der Waals surface area contributed by atoms with Crippen molar-refractivity contribution in [1.82, 2.24) is 4.98 Å². The molecule has 0 saturated heterocycles. The van der Waals surface area contributed by atoms with Crippen LogP contribution < -0.4 is 4.74 Å². The molecular weight excluding hydrogens is 266 g/mol. The Labute approximate surface area is 124 Å². The lowest BCUT2D eigenvalue weighted by molar-refractivity contribution is 0.240. The molecule has 4 nitrogen and oxygen atoms in total. The number of aryl methyl sites for hydroxylation is 1. The molecule has 0 aliphatic heterocycles. The predicted octanol–water partition coefficient (Wildman–Crippen LogP) is 2.48. The lowest BCUT2D eigenvalue weighted by Gasteiger charge is -2.08. The minimum Gasteiger partial charge on any atom is -0.448 e.